The highest BCUT2D eigenvalue weighted by atomic mass is 16.7. The van der Waals surface area contributed by atoms with Gasteiger partial charge in [0.1, 0.15) is 0 Å². The van der Waals surface area contributed by atoms with Gasteiger partial charge >= 0.3 is 5.97 Å². The zero-order chi connectivity index (χ0) is 10.4. The van der Waals surface area contributed by atoms with Crippen molar-refractivity contribution in [2.75, 3.05) is 14.1 Å². The highest BCUT2D eigenvalue weighted by Crippen LogP contribution is 2.01. The summed E-state index contributed by atoms with van der Waals surface area (Å²) in [7, 11) is 3.32. The number of hydrogen-bond acceptors (Lipinski definition) is 3. The molecule has 3 heteroatoms. The highest BCUT2D eigenvalue weighted by Gasteiger charge is 1.97. The lowest BCUT2D eigenvalue weighted by atomic mass is 10.2. The molecule has 1 rings (SSSR count). The van der Waals surface area contributed by atoms with Crippen molar-refractivity contribution in [1.29, 1.82) is 0 Å². The maximum Gasteiger partial charge on any atom is 0.349 e. The molecular formula is C11H13NO2. The summed E-state index contributed by atoms with van der Waals surface area (Å²) in [6, 6.07) is 9.59. The van der Waals surface area contributed by atoms with E-state index in [1.54, 1.807) is 20.2 Å². The lowest BCUT2D eigenvalue weighted by molar-refractivity contribution is -0.171. The van der Waals surface area contributed by atoms with Gasteiger partial charge in [0.15, 0.2) is 0 Å². The minimum Gasteiger partial charge on any atom is -0.365 e. The molecule has 0 aromatic heterocycles. The average Bonchev–Trinajstić information content (AvgIpc) is 2.15. The second-order valence-electron chi connectivity index (χ2n) is 2.97. The molecule has 0 aliphatic heterocycles. The third kappa shape index (κ3) is 3.87. The van der Waals surface area contributed by atoms with Crippen LogP contribution >= 0.6 is 0 Å². The highest BCUT2D eigenvalue weighted by molar-refractivity contribution is 5.86. The smallest absolute Gasteiger partial charge is 0.349 e. The van der Waals surface area contributed by atoms with E-state index < -0.39 is 0 Å². The zero-order valence-corrected chi connectivity index (χ0v) is 8.31. The number of hydroxylamine groups is 2. The lowest BCUT2D eigenvalue weighted by Crippen LogP contribution is -2.16. The molecule has 0 unspecified atom stereocenters. The molecule has 0 aliphatic rings. The van der Waals surface area contributed by atoms with Crippen molar-refractivity contribution < 1.29 is 9.63 Å². The van der Waals surface area contributed by atoms with E-state index in [4.69, 9.17) is 4.84 Å². The molecule has 1 aromatic carbocycles. The quantitative estimate of drug-likeness (QED) is 0.538. The summed E-state index contributed by atoms with van der Waals surface area (Å²) in [5.41, 5.74) is 0.975. The van der Waals surface area contributed by atoms with Crippen LogP contribution in [0.1, 0.15) is 5.56 Å². The largest absolute Gasteiger partial charge is 0.365 e. The molecule has 74 valence electrons. The van der Waals surface area contributed by atoms with Crippen LogP contribution < -0.4 is 0 Å². The molecule has 1 aromatic rings. The molecule has 0 N–H and O–H groups in total. The summed E-state index contributed by atoms with van der Waals surface area (Å²) < 4.78 is 0. The molecule has 0 amide bonds. The molecule has 0 radical (unpaired) electrons. The van der Waals surface area contributed by atoms with Crippen LogP contribution in [0.2, 0.25) is 0 Å². The van der Waals surface area contributed by atoms with E-state index in [1.807, 2.05) is 30.3 Å². The summed E-state index contributed by atoms with van der Waals surface area (Å²) in [6.07, 6.45) is 3.11. The number of rotatable bonds is 3. The van der Waals surface area contributed by atoms with Crippen LogP contribution in [0.15, 0.2) is 36.4 Å². The number of carbonyl (C=O) groups excluding carboxylic acids is 1. The van der Waals surface area contributed by atoms with Crippen molar-refractivity contribution in [3.63, 3.8) is 0 Å². The van der Waals surface area contributed by atoms with Crippen LogP contribution in [-0.4, -0.2) is 25.1 Å². The van der Waals surface area contributed by atoms with Gasteiger partial charge in [-0.2, -0.15) is 0 Å². The van der Waals surface area contributed by atoms with E-state index in [-0.39, 0.29) is 5.97 Å². The molecule has 0 atom stereocenters. The first-order valence-corrected chi connectivity index (χ1v) is 4.31. The van der Waals surface area contributed by atoms with Gasteiger partial charge in [0.05, 0.1) is 0 Å². The molecule has 14 heavy (non-hydrogen) atoms. The fraction of sp³-hybridized carbons (Fsp3) is 0.182. The van der Waals surface area contributed by atoms with Crippen LogP contribution in [0, 0.1) is 0 Å². The number of nitrogens with zero attached hydrogens (tertiary/aromatic N) is 1. The van der Waals surface area contributed by atoms with Crippen LogP contribution in [0.5, 0.6) is 0 Å². The predicted molar refractivity (Wildman–Crippen MR) is 55.3 cm³/mol. The Kier molecular flexibility index (Phi) is 3.88. The Labute approximate surface area is 83.6 Å². The summed E-state index contributed by atoms with van der Waals surface area (Å²) in [6.45, 7) is 0. The van der Waals surface area contributed by atoms with Crippen LogP contribution in [0.3, 0.4) is 0 Å². The third-order valence-electron chi connectivity index (χ3n) is 1.48. The lowest BCUT2D eigenvalue weighted by Gasteiger charge is -2.06. The van der Waals surface area contributed by atoms with Crippen molar-refractivity contribution in [3.8, 4) is 0 Å². The first-order chi connectivity index (χ1) is 6.68. The summed E-state index contributed by atoms with van der Waals surface area (Å²) in [4.78, 5) is 15.9. The molecular weight excluding hydrogens is 178 g/mol. The molecule has 0 bridgehead atoms. The SMILES string of the molecule is CN(C)OC(=O)/C=C/c1ccccc1. The normalized spacial score (nSPS) is 10.8. The molecule has 0 aliphatic carbocycles. The minimum absolute atomic E-state index is 0.376. The van der Waals surface area contributed by atoms with E-state index in [9.17, 15) is 4.79 Å². The molecule has 0 saturated carbocycles. The van der Waals surface area contributed by atoms with Crippen LogP contribution in [-0.2, 0) is 9.63 Å². The molecule has 0 fully saturated rings. The molecule has 0 spiro atoms. The van der Waals surface area contributed by atoms with E-state index >= 15 is 0 Å². The van der Waals surface area contributed by atoms with Gasteiger partial charge in [-0.15, -0.1) is 5.06 Å². The average molecular weight is 191 g/mol. The van der Waals surface area contributed by atoms with Gasteiger partial charge in [-0.05, 0) is 11.6 Å². The van der Waals surface area contributed by atoms with Crippen molar-refractivity contribution in [2.24, 2.45) is 0 Å². The topological polar surface area (TPSA) is 29.5 Å². The van der Waals surface area contributed by atoms with Crippen molar-refractivity contribution in [2.45, 2.75) is 0 Å². The second kappa shape index (κ2) is 5.19. The fourth-order valence-electron chi connectivity index (χ4n) is 0.939. The van der Waals surface area contributed by atoms with Crippen molar-refractivity contribution in [1.82, 2.24) is 5.06 Å². The van der Waals surface area contributed by atoms with E-state index in [0.29, 0.717) is 0 Å². The Bertz CT molecular complexity index is 317. The Hall–Kier alpha value is -1.61. The Balaban J connectivity index is 2.52. The first-order valence-electron chi connectivity index (χ1n) is 4.31. The van der Waals surface area contributed by atoms with Gasteiger partial charge in [-0.25, -0.2) is 4.79 Å². The standard InChI is InChI=1S/C11H13NO2/c1-12(2)14-11(13)9-8-10-6-4-3-5-7-10/h3-9H,1-2H3/b9-8+. The first kappa shape index (κ1) is 10.5. The maximum atomic E-state index is 11.1. The van der Waals surface area contributed by atoms with Crippen molar-refractivity contribution in [3.05, 3.63) is 42.0 Å². The number of benzene rings is 1. The van der Waals surface area contributed by atoms with Gasteiger partial charge in [0.25, 0.3) is 0 Å². The van der Waals surface area contributed by atoms with E-state index in [2.05, 4.69) is 0 Å². The second-order valence-corrected chi connectivity index (χ2v) is 2.97. The van der Waals surface area contributed by atoms with Gasteiger partial charge in [-0.3, -0.25) is 0 Å². The predicted octanol–water partition coefficient (Wildman–Crippen LogP) is 1.72. The van der Waals surface area contributed by atoms with Crippen LogP contribution in [0.4, 0.5) is 0 Å². The van der Waals surface area contributed by atoms with E-state index in [0.717, 1.165) is 5.56 Å². The number of hydrogen-bond donors (Lipinski definition) is 0. The minimum atomic E-state index is -0.376. The molecule has 0 heterocycles. The summed E-state index contributed by atoms with van der Waals surface area (Å²) in [5, 5.41) is 1.36. The Morgan fingerprint density at radius 1 is 1.29 bits per heavy atom. The fourth-order valence-corrected chi connectivity index (χ4v) is 0.939. The summed E-state index contributed by atoms with van der Waals surface area (Å²) in [5.74, 6) is -0.376. The van der Waals surface area contributed by atoms with Gasteiger partial charge in [0, 0.05) is 20.2 Å². The van der Waals surface area contributed by atoms with Gasteiger partial charge in [0.2, 0.25) is 0 Å². The summed E-state index contributed by atoms with van der Waals surface area (Å²) >= 11 is 0. The van der Waals surface area contributed by atoms with Crippen LogP contribution in [0.25, 0.3) is 6.08 Å². The Morgan fingerprint density at radius 3 is 2.50 bits per heavy atom. The van der Waals surface area contributed by atoms with Gasteiger partial charge < -0.3 is 4.84 Å². The van der Waals surface area contributed by atoms with Gasteiger partial charge in [-0.1, -0.05) is 30.3 Å². The molecule has 0 saturated heterocycles. The zero-order valence-electron chi connectivity index (χ0n) is 8.31. The Morgan fingerprint density at radius 2 is 1.93 bits per heavy atom. The molecule has 3 nitrogen and oxygen atoms in total. The maximum absolute atomic E-state index is 11.1. The number of carbonyl (C=O) groups is 1. The van der Waals surface area contributed by atoms with Crippen molar-refractivity contribution >= 4 is 12.0 Å². The van der Waals surface area contributed by atoms with E-state index in [1.165, 1.54) is 11.1 Å². The third-order valence-corrected chi connectivity index (χ3v) is 1.48. The monoisotopic (exact) mass is 191 g/mol.